The number of aromatic nitrogens is 2. The number of nitrogens with two attached hydrogens (primary N) is 1. The number of aromatic amines is 1. The van der Waals surface area contributed by atoms with Gasteiger partial charge in [-0.25, -0.2) is 0 Å². The van der Waals surface area contributed by atoms with Gasteiger partial charge in [0.05, 0.1) is 11.9 Å². The molecule has 0 atom stereocenters. The molecule has 0 amide bonds. The molecule has 3 N–H and O–H groups in total. The van der Waals surface area contributed by atoms with E-state index < -0.39 is 0 Å². The Morgan fingerprint density at radius 1 is 1.20 bits per heavy atom. The first-order valence-electron chi connectivity index (χ1n) is 4.95. The van der Waals surface area contributed by atoms with Crippen molar-refractivity contribution in [3.05, 3.63) is 41.6 Å². The summed E-state index contributed by atoms with van der Waals surface area (Å²) >= 11 is 0. The number of nitrogens with one attached hydrogen (secondary N) is 1. The molecule has 1 aromatic carbocycles. The van der Waals surface area contributed by atoms with Crippen LogP contribution in [0.4, 0.5) is 11.5 Å². The molecule has 0 saturated carbocycles. The van der Waals surface area contributed by atoms with Crippen LogP contribution in [-0.2, 0) is 13.1 Å². The Balaban J connectivity index is 1.94. The summed E-state index contributed by atoms with van der Waals surface area (Å²) in [6.07, 6.45) is 1.78. The number of nitrogens with zero attached hydrogens (tertiary/aromatic N) is 2. The average molecular weight is 200 g/mol. The van der Waals surface area contributed by atoms with Gasteiger partial charge >= 0.3 is 0 Å². The highest BCUT2D eigenvalue weighted by atomic mass is 15.2. The van der Waals surface area contributed by atoms with Gasteiger partial charge in [0.2, 0.25) is 0 Å². The molecule has 4 nitrogen and oxygen atoms in total. The van der Waals surface area contributed by atoms with Crippen LogP contribution in [0.15, 0.2) is 30.5 Å². The summed E-state index contributed by atoms with van der Waals surface area (Å²) in [5.74, 6) is 0.641. The van der Waals surface area contributed by atoms with Gasteiger partial charge in [0, 0.05) is 13.1 Å². The third kappa shape index (κ3) is 1.26. The summed E-state index contributed by atoms with van der Waals surface area (Å²) in [5.41, 5.74) is 9.53. The second-order valence-electron chi connectivity index (χ2n) is 3.79. The molecule has 0 bridgehead atoms. The van der Waals surface area contributed by atoms with E-state index in [4.69, 9.17) is 5.73 Å². The highest BCUT2D eigenvalue weighted by molar-refractivity contribution is 5.64. The number of hydrogen-bond acceptors (Lipinski definition) is 3. The van der Waals surface area contributed by atoms with Crippen molar-refractivity contribution in [1.82, 2.24) is 10.2 Å². The number of H-pyrrole nitrogens is 1. The van der Waals surface area contributed by atoms with E-state index in [1.54, 1.807) is 6.20 Å². The summed E-state index contributed by atoms with van der Waals surface area (Å²) in [5, 5.41) is 6.70. The Morgan fingerprint density at radius 2 is 1.87 bits per heavy atom. The van der Waals surface area contributed by atoms with Gasteiger partial charge in [-0.05, 0) is 11.1 Å². The Labute approximate surface area is 87.7 Å². The third-order valence-corrected chi connectivity index (χ3v) is 2.83. The van der Waals surface area contributed by atoms with Gasteiger partial charge in [-0.2, -0.15) is 5.10 Å². The lowest BCUT2D eigenvalue weighted by Gasteiger charge is -2.15. The SMILES string of the molecule is Nc1[nH]ncc1N1Cc2ccccc2C1. The molecule has 1 aliphatic rings. The fraction of sp³-hybridized carbons (Fsp3) is 0.182. The van der Waals surface area contributed by atoms with E-state index in [9.17, 15) is 0 Å². The first-order valence-corrected chi connectivity index (χ1v) is 4.95. The van der Waals surface area contributed by atoms with E-state index >= 15 is 0 Å². The molecule has 2 heterocycles. The van der Waals surface area contributed by atoms with Crippen LogP contribution in [0.25, 0.3) is 0 Å². The van der Waals surface area contributed by atoms with E-state index in [1.165, 1.54) is 11.1 Å². The molecule has 0 unspecified atom stereocenters. The maximum atomic E-state index is 5.80. The van der Waals surface area contributed by atoms with E-state index in [2.05, 4.69) is 39.4 Å². The van der Waals surface area contributed by atoms with Gasteiger partial charge in [0.15, 0.2) is 0 Å². The molecular weight excluding hydrogens is 188 g/mol. The van der Waals surface area contributed by atoms with Gasteiger partial charge < -0.3 is 10.6 Å². The Bertz CT molecular complexity index is 464. The minimum absolute atomic E-state index is 0.641. The number of nitrogen functional groups attached to an aromatic ring is 1. The van der Waals surface area contributed by atoms with E-state index in [0.29, 0.717) is 5.82 Å². The van der Waals surface area contributed by atoms with Crippen LogP contribution < -0.4 is 10.6 Å². The van der Waals surface area contributed by atoms with Crippen molar-refractivity contribution in [2.75, 3.05) is 10.6 Å². The molecule has 4 heteroatoms. The molecule has 2 aromatic rings. The highest BCUT2D eigenvalue weighted by Gasteiger charge is 2.20. The smallest absolute Gasteiger partial charge is 0.142 e. The van der Waals surface area contributed by atoms with E-state index in [1.807, 2.05) is 0 Å². The second-order valence-corrected chi connectivity index (χ2v) is 3.79. The Morgan fingerprint density at radius 3 is 2.40 bits per heavy atom. The number of anilines is 2. The van der Waals surface area contributed by atoms with Crippen molar-refractivity contribution in [1.29, 1.82) is 0 Å². The molecule has 0 fully saturated rings. The fourth-order valence-corrected chi connectivity index (χ4v) is 2.05. The van der Waals surface area contributed by atoms with Crippen molar-refractivity contribution in [3.8, 4) is 0 Å². The normalized spacial score (nSPS) is 14.3. The van der Waals surface area contributed by atoms with E-state index in [-0.39, 0.29) is 0 Å². The topological polar surface area (TPSA) is 57.9 Å². The van der Waals surface area contributed by atoms with Gasteiger partial charge in [-0.3, -0.25) is 5.10 Å². The molecule has 76 valence electrons. The fourth-order valence-electron chi connectivity index (χ4n) is 2.05. The first kappa shape index (κ1) is 8.35. The summed E-state index contributed by atoms with van der Waals surface area (Å²) in [6, 6.07) is 8.46. The Kier molecular flexibility index (Phi) is 1.68. The van der Waals surface area contributed by atoms with Crippen LogP contribution in [0.3, 0.4) is 0 Å². The van der Waals surface area contributed by atoms with Gasteiger partial charge in [-0.1, -0.05) is 24.3 Å². The van der Waals surface area contributed by atoms with Crippen molar-refractivity contribution >= 4 is 11.5 Å². The van der Waals surface area contributed by atoms with Crippen molar-refractivity contribution in [3.63, 3.8) is 0 Å². The largest absolute Gasteiger partial charge is 0.382 e. The molecule has 1 aliphatic heterocycles. The maximum absolute atomic E-state index is 5.80. The van der Waals surface area contributed by atoms with Gasteiger partial charge in [0.1, 0.15) is 5.82 Å². The molecule has 15 heavy (non-hydrogen) atoms. The quantitative estimate of drug-likeness (QED) is 0.733. The van der Waals surface area contributed by atoms with Gasteiger partial charge in [0.25, 0.3) is 0 Å². The average Bonchev–Trinajstić information content (AvgIpc) is 2.82. The molecule has 0 radical (unpaired) electrons. The lowest BCUT2D eigenvalue weighted by molar-refractivity contribution is 0.883. The maximum Gasteiger partial charge on any atom is 0.142 e. The zero-order valence-corrected chi connectivity index (χ0v) is 8.27. The van der Waals surface area contributed by atoms with Crippen LogP contribution in [0.1, 0.15) is 11.1 Å². The molecule has 0 spiro atoms. The van der Waals surface area contributed by atoms with Crippen LogP contribution in [0, 0.1) is 0 Å². The van der Waals surface area contributed by atoms with Crippen LogP contribution in [0.5, 0.6) is 0 Å². The molecular formula is C11H12N4. The third-order valence-electron chi connectivity index (χ3n) is 2.83. The predicted molar refractivity (Wildman–Crippen MR) is 59.3 cm³/mol. The summed E-state index contributed by atoms with van der Waals surface area (Å²) in [6.45, 7) is 1.83. The van der Waals surface area contributed by atoms with E-state index in [0.717, 1.165) is 18.8 Å². The molecule has 0 saturated heterocycles. The molecule has 1 aromatic heterocycles. The van der Waals surface area contributed by atoms with Gasteiger partial charge in [-0.15, -0.1) is 0 Å². The Hall–Kier alpha value is -1.97. The van der Waals surface area contributed by atoms with Crippen LogP contribution in [0.2, 0.25) is 0 Å². The number of hydrogen-bond donors (Lipinski definition) is 2. The van der Waals surface area contributed by atoms with Crippen molar-refractivity contribution in [2.45, 2.75) is 13.1 Å². The minimum Gasteiger partial charge on any atom is -0.382 e. The molecule has 0 aliphatic carbocycles. The first-order chi connectivity index (χ1) is 7.34. The second kappa shape index (κ2) is 3.02. The number of rotatable bonds is 1. The number of benzene rings is 1. The standard InChI is InChI=1S/C11H12N4/c12-11-10(5-13-14-11)15-6-8-3-1-2-4-9(8)7-15/h1-5H,6-7H2,(H3,12,13,14). The zero-order valence-electron chi connectivity index (χ0n) is 8.27. The predicted octanol–water partition coefficient (Wildman–Crippen LogP) is 1.51. The minimum atomic E-state index is 0.641. The number of fused-ring (bicyclic) bond motifs is 1. The van der Waals surface area contributed by atoms with Crippen LogP contribution >= 0.6 is 0 Å². The summed E-state index contributed by atoms with van der Waals surface area (Å²) in [7, 11) is 0. The highest BCUT2D eigenvalue weighted by Crippen LogP contribution is 2.30. The molecule has 3 rings (SSSR count). The van der Waals surface area contributed by atoms with Crippen LogP contribution in [-0.4, -0.2) is 10.2 Å². The van der Waals surface area contributed by atoms with Crippen molar-refractivity contribution < 1.29 is 0 Å². The zero-order chi connectivity index (χ0) is 10.3. The summed E-state index contributed by atoms with van der Waals surface area (Å²) in [4.78, 5) is 2.23. The lowest BCUT2D eigenvalue weighted by Crippen LogP contribution is -2.15. The van der Waals surface area contributed by atoms with Crippen molar-refractivity contribution in [2.24, 2.45) is 0 Å². The summed E-state index contributed by atoms with van der Waals surface area (Å²) < 4.78 is 0. The lowest BCUT2D eigenvalue weighted by atomic mass is 10.1. The monoisotopic (exact) mass is 200 g/mol.